The van der Waals surface area contributed by atoms with Crippen molar-refractivity contribution < 1.29 is 17.9 Å². The van der Waals surface area contributed by atoms with Crippen LogP contribution in [-0.4, -0.2) is 29.8 Å². The lowest BCUT2D eigenvalue weighted by Gasteiger charge is -2.27. The molecule has 0 aliphatic carbocycles. The number of hydrogen-bond acceptors (Lipinski definition) is 2. The molecule has 0 saturated carbocycles. The van der Waals surface area contributed by atoms with Crippen molar-refractivity contribution in [2.24, 2.45) is 0 Å². The summed E-state index contributed by atoms with van der Waals surface area (Å²) >= 11 is 5.21. The van der Waals surface area contributed by atoms with Gasteiger partial charge in [0.15, 0.2) is 5.11 Å². The molecule has 2 rings (SSSR count). The third-order valence-electron chi connectivity index (χ3n) is 3.46. The molecule has 0 saturated heterocycles. The molecule has 0 aliphatic heterocycles. The van der Waals surface area contributed by atoms with Crippen molar-refractivity contribution in [1.82, 2.24) is 4.90 Å². The summed E-state index contributed by atoms with van der Waals surface area (Å²) in [6.45, 7) is 0.816. The van der Waals surface area contributed by atoms with E-state index in [2.05, 4.69) is 5.32 Å². The monoisotopic (exact) mass is 368 g/mol. The highest BCUT2D eigenvalue weighted by Gasteiger charge is 2.32. The first kappa shape index (κ1) is 19.1. The molecule has 0 amide bonds. The van der Waals surface area contributed by atoms with Crippen LogP contribution >= 0.6 is 12.2 Å². The lowest BCUT2D eigenvalue weighted by atomic mass is 10.2. The number of aryl methyl sites for hydroxylation is 1. The van der Waals surface area contributed by atoms with Gasteiger partial charge in [-0.25, -0.2) is 0 Å². The SMILES string of the molecule is COc1ccc(CN(CC(F)(F)F)C(=S)Nc2cccc(C)c2)cc1. The van der Waals surface area contributed by atoms with Crippen LogP contribution in [0, 0.1) is 6.92 Å². The van der Waals surface area contributed by atoms with Gasteiger partial charge in [-0.15, -0.1) is 0 Å². The van der Waals surface area contributed by atoms with Crippen molar-refractivity contribution in [3.8, 4) is 5.75 Å². The van der Waals surface area contributed by atoms with Crippen LogP contribution in [0.4, 0.5) is 18.9 Å². The predicted molar refractivity (Wildman–Crippen MR) is 96.9 cm³/mol. The molecule has 0 heterocycles. The van der Waals surface area contributed by atoms with Crippen LogP contribution in [0.3, 0.4) is 0 Å². The van der Waals surface area contributed by atoms with Crippen LogP contribution in [0.5, 0.6) is 5.75 Å². The van der Waals surface area contributed by atoms with Gasteiger partial charge in [0.2, 0.25) is 0 Å². The minimum atomic E-state index is -4.36. The Bertz CT molecular complexity index is 717. The molecule has 0 bridgehead atoms. The number of halogens is 3. The Morgan fingerprint density at radius 3 is 2.40 bits per heavy atom. The van der Waals surface area contributed by atoms with E-state index in [1.54, 1.807) is 30.3 Å². The maximum atomic E-state index is 12.9. The van der Waals surface area contributed by atoms with Crippen LogP contribution in [0.25, 0.3) is 0 Å². The van der Waals surface area contributed by atoms with Gasteiger partial charge < -0.3 is 15.0 Å². The average molecular weight is 368 g/mol. The van der Waals surface area contributed by atoms with E-state index >= 15 is 0 Å². The summed E-state index contributed by atoms with van der Waals surface area (Å²) in [7, 11) is 1.53. The van der Waals surface area contributed by atoms with E-state index in [-0.39, 0.29) is 11.7 Å². The average Bonchev–Trinajstić information content (AvgIpc) is 2.53. The zero-order valence-corrected chi connectivity index (χ0v) is 14.7. The van der Waals surface area contributed by atoms with Crippen LogP contribution < -0.4 is 10.1 Å². The standard InChI is InChI=1S/C18H19F3N2OS/c1-13-4-3-5-15(10-13)22-17(25)23(12-18(19,20)21)11-14-6-8-16(24-2)9-7-14/h3-10H,11-12H2,1-2H3,(H,22,25). The third kappa shape index (κ3) is 6.26. The zero-order chi connectivity index (χ0) is 18.4. The molecule has 0 aromatic heterocycles. The van der Waals surface area contributed by atoms with Crippen LogP contribution in [0.2, 0.25) is 0 Å². The minimum absolute atomic E-state index is 0.0266. The summed E-state index contributed by atoms with van der Waals surface area (Å²) in [4.78, 5) is 1.10. The minimum Gasteiger partial charge on any atom is -0.497 e. The van der Waals surface area contributed by atoms with Gasteiger partial charge in [-0.05, 0) is 54.5 Å². The second kappa shape index (κ2) is 8.20. The molecule has 0 unspecified atom stereocenters. The molecule has 0 aliphatic rings. The number of nitrogens with zero attached hydrogens (tertiary/aromatic N) is 1. The highest BCUT2D eigenvalue weighted by molar-refractivity contribution is 7.80. The van der Waals surface area contributed by atoms with Crippen molar-refractivity contribution in [3.63, 3.8) is 0 Å². The van der Waals surface area contributed by atoms with E-state index in [0.717, 1.165) is 10.5 Å². The topological polar surface area (TPSA) is 24.5 Å². The summed E-state index contributed by atoms with van der Waals surface area (Å²) in [6.07, 6.45) is -4.36. The van der Waals surface area contributed by atoms with Gasteiger partial charge in [-0.3, -0.25) is 0 Å². The first-order valence-corrected chi connectivity index (χ1v) is 8.00. The predicted octanol–water partition coefficient (Wildman–Crippen LogP) is 4.76. The molecular formula is C18H19F3N2OS. The molecule has 2 aromatic rings. The molecule has 7 heteroatoms. The highest BCUT2D eigenvalue weighted by Crippen LogP contribution is 2.21. The fraction of sp³-hybridized carbons (Fsp3) is 0.278. The fourth-order valence-electron chi connectivity index (χ4n) is 2.29. The molecule has 2 aromatic carbocycles. The van der Waals surface area contributed by atoms with Crippen LogP contribution in [-0.2, 0) is 6.54 Å². The normalized spacial score (nSPS) is 11.1. The van der Waals surface area contributed by atoms with Gasteiger partial charge in [0.05, 0.1) is 7.11 Å². The number of benzene rings is 2. The number of ether oxygens (including phenoxy) is 1. The molecule has 134 valence electrons. The maximum Gasteiger partial charge on any atom is 0.406 e. The molecule has 0 atom stereocenters. The van der Waals surface area contributed by atoms with Gasteiger partial charge in [-0.1, -0.05) is 24.3 Å². The lowest BCUT2D eigenvalue weighted by molar-refractivity contribution is -0.138. The number of thiocarbonyl (C=S) groups is 1. The van der Waals surface area contributed by atoms with Gasteiger partial charge in [-0.2, -0.15) is 13.2 Å². The fourth-order valence-corrected chi connectivity index (χ4v) is 2.54. The van der Waals surface area contributed by atoms with E-state index < -0.39 is 12.7 Å². The van der Waals surface area contributed by atoms with E-state index in [1.807, 2.05) is 25.1 Å². The Kier molecular flexibility index (Phi) is 6.25. The van der Waals surface area contributed by atoms with E-state index in [1.165, 1.54) is 7.11 Å². The smallest absolute Gasteiger partial charge is 0.406 e. The van der Waals surface area contributed by atoms with Crippen molar-refractivity contribution in [3.05, 3.63) is 59.7 Å². The largest absolute Gasteiger partial charge is 0.497 e. The number of nitrogens with one attached hydrogen (secondary N) is 1. The number of anilines is 1. The van der Waals surface area contributed by atoms with Crippen molar-refractivity contribution in [2.45, 2.75) is 19.6 Å². The number of methoxy groups -OCH3 is 1. The van der Waals surface area contributed by atoms with Gasteiger partial charge in [0.1, 0.15) is 12.3 Å². The van der Waals surface area contributed by atoms with Crippen molar-refractivity contribution in [1.29, 1.82) is 0 Å². The highest BCUT2D eigenvalue weighted by atomic mass is 32.1. The second-order valence-electron chi connectivity index (χ2n) is 5.62. The molecular weight excluding hydrogens is 349 g/mol. The summed E-state index contributed by atoms with van der Waals surface area (Å²) in [6, 6.07) is 14.2. The van der Waals surface area contributed by atoms with E-state index in [9.17, 15) is 13.2 Å². The molecule has 1 N–H and O–H groups in total. The van der Waals surface area contributed by atoms with Gasteiger partial charge in [0.25, 0.3) is 0 Å². The first-order chi connectivity index (χ1) is 11.8. The Balaban J connectivity index is 2.14. The number of alkyl halides is 3. The van der Waals surface area contributed by atoms with Crippen LogP contribution in [0.15, 0.2) is 48.5 Å². The van der Waals surface area contributed by atoms with Gasteiger partial charge >= 0.3 is 6.18 Å². The Hall–Kier alpha value is -2.28. The van der Waals surface area contributed by atoms with Crippen molar-refractivity contribution >= 4 is 23.0 Å². The van der Waals surface area contributed by atoms with Crippen molar-refractivity contribution in [2.75, 3.05) is 19.0 Å². The molecule has 0 fully saturated rings. The summed E-state index contributed by atoms with van der Waals surface area (Å²) in [5.41, 5.74) is 2.36. The maximum absolute atomic E-state index is 12.9. The summed E-state index contributed by atoms with van der Waals surface area (Å²) in [5.74, 6) is 0.645. The Morgan fingerprint density at radius 1 is 1.16 bits per heavy atom. The molecule has 0 radical (unpaired) electrons. The Morgan fingerprint density at radius 2 is 1.84 bits per heavy atom. The molecule has 3 nitrogen and oxygen atoms in total. The third-order valence-corrected chi connectivity index (χ3v) is 3.82. The van der Waals surface area contributed by atoms with Gasteiger partial charge in [0, 0.05) is 12.2 Å². The van der Waals surface area contributed by atoms with E-state index in [4.69, 9.17) is 17.0 Å². The Labute approximate surface area is 150 Å². The van der Waals surface area contributed by atoms with E-state index in [0.29, 0.717) is 17.0 Å². The first-order valence-electron chi connectivity index (χ1n) is 7.59. The zero-order valence-electron chi connectivity index (χ0n) is 13.9. The summed E-state index contributed by atoms with van der Waals surface area (Å²) < 4.78 is 43.9. The number of hydrogen-bond donors (Lipinski definition) is 1. The van der Waals surface area contributed by atoms with Crippen LogP contribution in [0.1, 0.15) is 11.1 Å². The number of rotatable bonds is 5. The quantitative estimate of drug-likeness (QED) is 0.769. The molecule has 25 heavy (non-hydrogen) atoms. The summed E-state index contributed by atoms with van der Waals surface area (Å²) in [5, 5.41) is 2.91. The molecule has 0 spiro atoms. The lowest BCUT2D eigenvalue weighted by Crippen LogP contribution is -2.40. The second-order valence-corrected chi connectivity index (χ2v) is 6.01.